The summed E-state index contributed by atoms with van der Waals surface area (Å²) in [6.07, 6.45) is -4.70. The fourth-order valence-electron chi connectivity index (χ4n) is 0.900. The molecule has 0 aliphatic rings. The van der Waals surface area contributed by atoms with Crippen LogP contribution in [0.1, 0.15) is 0 Å². The highest BCUT2D eigenvalue weighted by molar-refractivity contribution is 6.31. The van der Waals surface area contributed by atoms with E-state index in [1.165, 1.54) is 12.1 Å². The molecule has 1 aromatic rings. The third kappa shape index (κ3) is 3.33. The van der Waals surface area contributed by atoms with Gasteiger partial charge in [-0.05, 0) is 12.1 Å². The van der Waals surface area contributed by atoms with Crippen LogP contribution in [0.4, 0.5) is 18.9 Å². The molecule has 1 rings (SSSR count). The maximum absolute atomic E-state index is 11.8. The lowest BCUT2D eigenvalue weighted by atomic mass is 10.3. The lowest BCUT2D eigenvalue weighted by Crippen LogP contribution is -2.17. The average molecular weight is 226 g/mol. The molecule has 0 aromatic heterocycles. The number of hydrogen-bond donors (Lipinski definition) is 1. The van der Waals surface area contributed by atoms with Crippen LogP contribution in [-0.2, 0) is 0 Å². The van der Waals surface area contributed by atoms with Gasteiger partial charge in [-0.15, -0.1) is 13.2 Å². The first-order valence-corrected chi connectivity index (χ1v) is 4.02. The van der Waals surface area contributed by atoms with Gasteiger partial charge in [-0.2, -0.15) is 0 Å². The van der Waals surface area contributed by atoms with Crippen molar-refractivity contribution in [3.8, 4) is 5.75 Å². The molecule has 0 saturated carbocycles. The van der Waals surface area contributed by atoms with Gasteiger partial charge in [0.25, 0.3) is 0 Å². The first-order valence-electron chi connectivity index (χ1n) is 3.65. The zero-order chi connectivity index (χ0) is 10.8. The molecule has 78 valence electrons. The topological polar surface area (TPSA) is 21.3 Å². The van der Waals surface area contributed by atoms with Crippen molar-refractivity contribution in [3.05, 3.63) is 23.2 Å². The SMILES string of the molecule is CNc1cc(Cl)cc(OC(F)(F)F)c1. The highest BCUT2D eigenvalue weighted by Crippen LogP contribution is 2.28. The second-order valence-corrected chi connectivity index (χ2v) is 2.91. The van der Waals surface area contributed by atoms with Crippen molar-refractivity contribution in [1.82, 2.24) is 0 Å². The van der Waals surface area contributed by atoms with Crippen LogP contribution in [-0.4, -0.2) is 13.4 Å². The molecule has 0 aliphatic heterocycles. The highest BCUT2D eigenvalue weighted by Gasteiger charge is 2.31. The van der Waals surface area contributed by atoms with Gasteiger partial charge in [0.2, 0.25) is 0 Å². The molecule has 0 amide bonds. The number of hydrogen-bond acceptors (Lipinski definition) is 2. The van der Waals surface area contributed by atoms with E-state index in [4.69, 9.17) is 11.6 Å². The minimum Gasteiger partial charge on any atom is -0.406 e. The zero-order valence-electron chi connectivity index (χ0n) is 7.15. The summed E-state index contributed by atoms with van der Waals surface area (Å²) in [6.45, 7) is 0. The minimum atomic E-state index is -4.70. The van der Waals surface area contributed by atoms with E-state index in [1.807, 2.05) is 0 Å². The lowest BCUT2D eigenvalue weighted by Gasteiger charge is -2.10. The second kappa shape index (κ2) is 3.96. The zero-order valence-corrected chi connectivity index (χ0v) is 7.91. The van der Waals surface area contributed by atoms with Crippen LogP contribution in [0.15, 0.2) is 18.2 Å². The van der Waals surface area contributed by atoms with Crippen molar-refractivity contribution in [2.45, 2.75) is 6.36 Å². The Bertz CT molecular complexity index is 327. The molecular formula is C8H7ClF3NO. The quantitative estimate of drug-likeness (QED) is 0.834. The summed E-state index contributed by atoms with van der Waals surface area (Å²) in [4.78, 5) is 0. The van der Waals surface area contributed by atoms with Crippen molar-refractivity contribution in [2.24, 2.45) is 0 Å². The Morgan fingerprint density at radius 3 is 2.43 bits per heavy atom. The van der Waals surface area contributed by atoms with Crippen molar-refractivity contribution < 1.29 is 17.9 Å². The van der Waals surface area contributed by atoms with Gasteiger partial charge in [0.1, 0.15) is 5.75 Å². The van der Waals surface area contributed by atoms with E-state index in [9.17, 15) is 13.2 Å². The Kier molecular flexibility index (Phi) is 3.10. The first kappa shape index (κ1) is 11.0. The van der Waals surface area contributed by atoms with E-state index in [0.717, 1.165) is 6.07 Å². The van der Waals surface area contributed by atoms with E-state index in [1.54, 1.807) is 7.05 Å². The molecular weight excluding hydrogens is 219 g/mol. The fraction of sp³-hybridized carbons (Fsp3) is 0.250. The summed E-state index contributed by atoms with van der Waals surface area (Å²) in [6, 6.07) is 3.79. The van der Waals surface area contributed by atoms with Crippen LogP contribution < -0.4 is 10.1 Å². The Labute approximate surface area is 83.6 Å². The normalized spacial score (nSPS) is 11.2. The fourth-order valence-corrected chi connectivity index (χ4v) is 1.12. The summed E-state index contributed by atoms with van der Waals surface area (Å²) in [5.41, 5.74) is 0.455. The number of ether oxygens (including phenoxy) is 1. The molecule has 0 heterocycles. The van der Waals surface area contributed by atoms with Gasteiger partial charge in [-0.3, -0.25) is 0 Å². The van der Waals surface area contributed by atoms with Gasteiger partial charge in [0.05, 0.1) is 0 Å². The Morgan fingerprint density at radius 2 is 1.93 bits per heavy atom. The van der Waals surface area contributed by atoms with Gasteiger partial charge in [-0.1, -0.05) is 11.6 Å². The van der Waals surface area contributed by atoms with Crippen LogP contribution in [0, 0.1) is 0 Å². The number of rotatable bonds is 2. The van der Waals surface area contributed by atoms with Crippen molar-refractivity contribution in [3.63, 3.8) is 0 Å². The van der Waals surface area contributed by atoms with E-state index in [-0.39, 0.29) is 10.8 Å². The molecule has 1 N–H and O–H groups in total. The summed E-state index contributed by atoms with van der Waals surface area (Å²) in [5, 5.41) is 2.84. The lowest BCUT2D eigenvalue weighted by molar-refractivity contribution is -0.274. The largest absolute Gasteiger partial charge is 0.573 e. The maximum Gasteiger partial charge on any atom is 0.573 e. The number of benzene rings is 1. The Balaban J connectivity index is 2.92. The number of nitrogens with one attached hydrogen (secondary N) is 1. The van der Waals surface area contributed by atoms with E-state index in [2.05, 4.69) is 10.1 Å². The maximum atomic E-state index is 11.8. The Hall–Kier alpha value is -1.10. The summed E-state index contributed by atoms with van der Waals surface area (Å²) >= 11 is 5.57. The number of alkyl halides is 3. The third-order valence-corrected chi connectivity index (χ3v) is 1.61. The number of anilines is 1. The van der Waals surface area contributed by atoms with Crippen molar-refractivity contribution >= 4 is 17.3 Å². The smallest absolute Gasteiger partial charge is 0.406 e. The van der Waals surface area contributed by atoms with E-state index in [0.29, 0.717) is 5.69 Å². The standard InChI is InChI=1S/C8H7ClF3NO/c1-13-6-2-5(9)3-7(4-6)14-8(10,11)12/h2-4,13H,1H3. The van der Waals surface area contributed by atoms with Crippen LogP contribution >= 0.6 is 11.6 Å². The summed E-state index contributed by atoms with van der Waals surface area (Å²) in [7, 11) is 1.57. The summed E-state index contributed by atoms with van der Waals surface area (Å²) in [5.74, 6) is -0.339. The first-order chi connectivity index (χ1) is 6.40. The molecule has 2 nitrogen and oxygen atoms in total. The molecule has 0 radical (unpaired) electrons. The van der Waals surface area contributed by atoms with Gasteiger partial charge in [0, 0.05) is 23.8 Å². The third-order valence-electron chi connectivity index (χ3n) is 1.39. The highest BCUT2D eigenvalue weighted by atomic mass is 35.5. The second-order valence-electron chi connectivity index (χ2n) is 2.47. The Morgan fingerprint density at radius 1 is 1.29 bits per heavy atom. The van der Waals surface area contributed by atoms with Crippen molar-refractivity contribution in [1.29, 1.82) is 0 Å². The van der Waals surface area contributed by atoms with Crippen LogP contribution in [0.3, 0.4) is 0 Å². The van der Waals surface area contributed by atoms with Crippen LogP contribution in [0.5, 0.6) is 5.75 Å². The predicted molar refractivity (Wildman–Crippen MR) is 47.7 cm³/mol. The number of halogens is 4. The monoisotopic (exact) mass is 225 g/mol. The summed E-state index contributed by atoms with van der Waals surface area (Å²) < 4.78 is 39.2. The molecule has 0 saturated heterocycles. The minimum absolute atomic E-state index is 0.177. The molecule has 0 spiro atoms. The van der Waals surface area contributed by atoms with Crippen molar-refractivity contribution in [2.75, 3.05) is 12.4 Å². The van der Waals surface area contributed by atoms with Gasteiger partial charge in [0.15, 0.2) is 0 Å². The van der Waals surface area contributed by atoms with Crippen LogP contribution in [0.2, 0.25) is 5.02 Å². The molecule has 6 heteroatoms. The molecule has 0 atom stereocenters. The molecule has 0 aliphatic carbocycles. The van der Waals surface area contributed by atoms with Gasteiger partial charge < -0.3 is 10.1 Å². The van der Waals surface area contributed by atoms with Gasteiger partial charge >= 0.3 is 6.36 Å². The van der Waals surface area contributed by atoms with E-state index >= 15 is 0 Å². The average Bonchev–Trinajstić information content (AvgIpc) is 1.99. The van der Waals surface area contributed by atoms with Crippen LogP contribution in [0.25, 0.3) is 0 Å². The molecule has 0 fully saturated rings. The molecule has 1 aromatic carbocycles. The molecule has 0 bridgehead atoms. The predicted octanol–water partition coefficient (Wildman–Crippen LogP) is 3.28. The molecule has 0 unspecified atom stereocenters. The van der Waals surface area contributed by atoms with E-state index < -0.39 is 6.36 Å². The molecule has 14 heavy (non-hydrogen) atoms. The van der Waals surface area contributed by atoms with Gasteiger partial charge in [-0.25, -0.2) is 0 Å².